The summed E-state index contributed by atoms with van der Waals surface area (Å²) in [7, 11) is 0. The lowest BCUT2D eigenvalue weighted by molar-refractivity contribution is -0.149. The van der Waals surface area contributed by atoms with Crippen molar-refractivity contribution in [2.75, 3.05) is 6.61 Å². The Labute approximate surface area is 119 Å². The van der Waals surface area contributed by atoms with E-state index in [1.54, 1.807) is 0 Å². The van der Waals surface area contributed by atoms with Gasteiger partial charge in [0.2, 0.25) is 5.91 Å². The number of carbonyl (C=O) groups excluding carboxylic acids is 1. The van der Waals surface area contributed by atoms with Crippen molar-refractivity contribution in [2.24, 2.45) is 5.73 Å². The second-order valence-corrected chi connectivity index (χ2v) is 4.79. The van der Waals surface area contributed by atoms with Crippen molar-refractivity contribution in [1.82, 2.24) is 5.32 Å². The van der Waals surface area contributed by atoms with Gasteiger partial charge in [-0.3, -0.25) is 4.79 Å². The predicted octanol–water partition coefficient (Wildman–Crippen LogP) is 0.571. The molecule has 4 N–H and O–H groups in total. The molecule has 9 heteroatoms. The molecule has 0 fully saturated rings. The molecule has 120 valence electrons. The van der Waals surface area contributed by atoms with Gasteiger partial charge in [-0.2, -0.15) is 13.2 Å². The van der Waals surface area contributed by atoms with Crippen molar-refractivity contribution < 1.29 is 32.6 Å². The summed E-state index contributed by atoms with van der Waals surface area (Å²) in [5, 5.41) is 11.4. The number of hydrogen-bond donors (Lipinski definition) is 3. The monoisotopic (exact) mass is 310 g/mol. The van der Waals surface area contributed by atoms with E-state index in [1.807, 2.05) is 0 Å². The summed E-state index contributed by atoms with van der Waals surface area (Å²) in [6, 6.07) is -1.51. The lowest BCUT2D eigenvalue weighted by Crippen LogP contribution is -2.56. The molecule has 0 saturated heterocycles. The number of aliphatic carboxylic acids is 1. The fourth-order valence-electron chi connectivity index (χ4n) is 2.04. The van der Waals surface area contributed by atoms with Gasteiger partial charge in [0.1, 0.15) is 0 Å². The van der Waals surface area contributed by atoms with Crippen LogP contribution in [0.1, 0.15) is 19.8 Å². The van der Waals surface area contributed by atoms with Crippen LogP contribution in [-0.4, -0.2) is 48.0 Å². The molecule has 6 nitrogen and oxygen atoms in total. The smallest absolute Gasteiger partial charge is 0.391 e. The van der Waals surface area contributed by atoms with Gasteiger partial charge in [0.25, 0.3) is 0 Å². The summed E-state index contributed by atoms with van der Waals surface area (Å²) in [5.41, 5.74) is 5.74. The van der Waals surface area contributed by atoms with Gasteiger partial charge in [-0.05, 0) is 12.5 Å². The van der Waals surface area contributed by atoms with Crippen LogP contribution in [0.4, 0.5) is 13.2 Å². The van der Waals surface area contributed by atoms with E-state index in [0.29, 0.717) is 0 Å². The number of nitrogens with two attached hydrogens (primary N) is 1. The van der Waals surface area contributed by atoms with E-state index in [0.717, 1.165) is 0 Å². The van der Waals surface area contributed by atoms with Crippen LogP contribution in [0.3, 0.4) is 0 Å². The fourth-order valence-corrected chi connectivity index (χ4v) is 2.04. The molecule has 1 amide bonds. The maximum Gasteiger partial charge on any atom is 0.391 e. The molecule has 1 rings (SSSR count). The normalized spacial score (nSPS) is 26.1. The van der Waals surface area contributed by atoms with Crippen LogP contribution in [-0.2, 0) is 14.3 Å². The van der Waals surface area contributed by atoms with Gasteiger partial charge >= 0.3 is 12.1 Å². The number of ether oxygens (including phenoxy) is 1. The topological polar surface area (TPSA) is 102 Å². The Kier molecular flexibility index (Phi) is 5.73. The lowest BCUT2D eigenvalue weighted by Gasteiger charge is -2.34. The van der Waals surface area contributed by atoms with E-state index < -0.39 is 49.3 Å². The maximum absolute atomic E-state index is 12.1. The van der Waals surface area contributed by atoms with Gasteiger partial charge < -0.3 is 20.9 Å². The number of hydrogen-bond acceptors (Lipinski definition) is 4. The third-order valence-electron chi connectivity index (χ3n) is 2.98. The highest BCUT2D eigenvalue weighted by Crippen LogP contribution is 2.23. The van der Waals surface area contributed by atoms with Crippen molar-refractivity contribution in [3.8, 4) is 0 Å². The molecule has 0 aromatic rings. The molecule has 21 heavy (non-hydrogen) atoms. The summed E-state index contributed by atoms with van der Waals surface area (Å²) < 4.78 is 41.4. The molecule has 0 radical (unpaired) electrons. The average molecular weight is 310 g/mol. The first kappa shape index (κ1) is 17.4. The third kappa shape index (κ3) is 5.72. The molecule has 0 aliphatic heterocycles. The second-order valence-electron chi connectivity index (χ2n) is 4.79. The molecular weight excluding hydrogens is 293 g/mol. The van der Waals surface area contributed by atoms with Gasteiger partial charge in [-0.15, -0.1) is 0 Å². The first-order valence-corrected chi connectivity index (χ1v) is 6.25. The number of amides is 1. The van der Waals surface area contributed by atoms with Crippen LogP contribution in [0.25, 0.3) is 0 Å². The van der Waals surface area contributed by atoms with Crippen molar-refractivity contribution in [1.29, 1.82) is 0 Å². The fraction of sp³-hybridized carbons (Fsp3) is 0.667. The molecule has 1 aliphatic carbocycles. The van der Waals surface area contributed by atoms with Crippen LogP contribution in [0.2, 0.25) is 0 Å². The van der Waals surface area contributed by atoms with Gasteiger partial charge in [0.05, 0.1) is 25.2 Å². The first-order valence-electron chi connectivity index (χ1n) is 6.25. The molecule has 0 saturated carbocycles. The molecule has 0 aromatic carbocycles. The molecule has 0 spiro atoms. The minimum absolute atomic E-state index is 0.000584. The molecule has 1 aliphatic rings. The largest absolute Gasteiger partial charge is 0.478 e. The van der Waals surface area contributed by atoms with Crippen LogP contribution in [0.15, 0.2) is 11.6 Å². The molecule has 0 unspecified atom stereocenters. The predicted molar refractivity (Wildman–Crippen MR) is 66.3 cm³/mol. The molecule has 0 heterocycles. The van der Waals surface area contributed by atoms with Gasteiger partial charge in [-0.1, -0.05) is 0 Å². The molecular formula is C12H17F3N2O4. The Bertz CT molecular complexity index is 437. The number of nitrogens with one attached hydrogen (secondary N) is 1. The standard InChI is InChI=1S/C12H17F3N2O4/c1-6(18)17-10-8(16)4-7(11(19)20)5-9(10)21-3-2-12(13,14)15/h5,8-10H,2-4,16H2,1H3,(H,17,18)(H,19,20)/t8-,9+,10+/m0/s1. The quantitative estimate of drug-likeness (QED) is 0.689. The molecule has 3 atom stereocenters. The first-order chi connectivity index (χ1) is 9.60. The minimum atomic E-state index is -4.38. The Morgan fingerprint density at radius 3 is 2.62 bits per heavy atom. The number of carboxylic acids is 1. The average Bonchev–Trinajstić information content (AvgIpc) is 2.30. The SMILES string of the molecule is CC(=O)N[C@@H]1[C@@H](N)CC(C(=O)O)=C[C@H]1OCCC(F)(F)F. The molecule has 0 bridgehead atoms. The van der Waals surface area contributed by atoms with E-state index in [9.17, 15) is 22.8 Å². The Morgan fingerprint density at radius 2 is 2.14 bits per heavy atom. The summed E-state index contributed by atoms with van der Waals surface area (Å²) >= 11 is 0. The van der Waals surface area contributed by atoms with E-state index in [2.05, 4.69) is 5.32 Å². The Morgan fingerprint density at radius 1 is 1.52 bits per heavy atom. The summed E-state index contributed by atoms with van der Waals surface area (Å²) in [6.07, 6.45) is -5.35. The van der Waals surface area contributed by atoms with Gasteiger partial charge in [0.15, 0.2) is 0 Å². The van der Waals surface area contributed by atoms with Gasteiger partial charge in [-0.25, -0.2) is 4.79 Å². The zero-order valence-corrected chi connectivity index (χ0v) is 11.3. The summed E-state index contributed by atoms with van der Waals surface area (Å²) in [6.45, 7) is 0.594. The van der Waals surface area contributed by atoms with Crippen LogP contribution < -0.4 is 11.1 Å². The highest BCUT2D eigenvalue weighted by molar-refractivity contribution is 5.87. The number of carboxylic acid groups (broad SMARTS) is 1. The van der Waals surface area contributed by atoms with Crippen molar-refractivity contribution in [3.63, 3.8) is 0 Å². The van der Waals surface area contributed by atoms with Crippen LogP contribution >= 0.6 is 0 Å². The lowest BCUT2D eigenvalue weighted by atomic mass is 9.88. The van der Waals surface area contributed by atoms with E-state index in [4.69, 9.17) is 15.6 Å². The summed E-state index contributed by atoms with van der Waals surface area (Å²) in [5.74, 6) is -1.64. The highest BCUT2D eigenvalue weighted by atomic mass is 19.4. The van der Waals surface area contributed by atoms with E-state index in [1.165, 1.54) is 13.0 Å². The number of halogens is 3. The van der Waals surface area contributed by atoms with Crippen molar-refractivity contribution in [3.05, 3.63) is 11.6 Å². The molecule has 0 aromatic heterocycles. The zero-order chi connectivity index (χ0) is 16.2. The Hall–Kier alpha value is -1.61. The minimum Gasteiger partial charge on any atom is -0.478 e. The number of rotatable bonds is 5. The highest BCUT2D eigenvalue weighted by Gasteiger charge is 2.35. The van der Waals surface area contributed by atoms with Crippen molar-refractivity contribution >= 4 is 11.9 Å². The van der Waals surface area contributed by atoms with Gasteiger partial charge in [0, 0.05) is 18.5 Å². The van der Waals surface area contributed by atoms with E-state index in [-0.39, 0.29) is 12.0 Å². The Balaban J connectivity index is 2.81. The third-order valence-corrected chi connectivity index (χ3v) is 2.98. The van der Waals surface area contributed by atoms with Crippen molar-refractivity contribution in [2.45, 2.75) is 44.1 Å². The number of alkyl halides is 3. The van der Waals surface area contributed by atoms with Crippen LogP contribution in [0.5, 0.6) is 0 Å². The number of carbonyl (C=O) groups is 2. The maximum atomic E-state index is 12.1. The van der Waals surface area contributed by atoms with Crippen LogP contribution in [0, 0.1) is 0 Å². The zero-order valence-electron chi connectivity index (χ0n) is 11.3. The van der Waals surface area contributed by atoms with E-state index >= 15 is 0 Å². The second kappa shape index (κ2) is 6.90. The summed E-state index contributed by atoms with van der Waals surface area (Å²) in [4.78, 5) is 22.1.